The fourth-order valence-electron chi connectivity index (χ4n) is 3.21. The van der Waals surface area contributed by atoms with Crippen LogP contribution in [-0.4, -0.2) is 31.2 Å². The van der Waals surface area contributed by atoms with E-state index < -0.39 is 0 Å². The minimum Gasteiger partial charge on any atom is -0.375 e. The molecule has 0 aromatic rings. The van der Waals surface area contributed by atoms with Crippen LogP contribution in [0.15, 0.2) is 0 Å². The Balaban J connectivity index is -0.000000434. The average molecular weight is 405 g/mol. The molecule has 0 fully saturated rings. The molecule has 28 heavy (non-hydrogen) atoms. The summed E-state index contributed by atoms with van der Waals surface area (Å²) in [6, 6.07) is 0. The number of amides is 1. The van der Waals surface area contributed by atoms with Gasteiger partial charge in [0.2, 0.25) is 5.91 Å². The number of hydrogen-bond acceptors (Lipinski definition) is 3. The van der Waals surface area contributed by atoms with E-state index in [1.54, 1.807) is 0 Å². The van der Waals surface area contributed by atoms with Crippen LogP contribution in [0.1, 0.15) is 121 Å². The summed E-state index contributed by atoms with van der Waals surface area (Å²) < 4.78 is 6.28. The fraction of sp³-hybridized carbons (Fsp3) is 0.958. The lowest BCUT2D eigenvalue weighted by Crippen LogP contribution is -2.43. The number of nitrogens with two attached hydrogens (primary N) is 1. The molecular formula is C24H56N2O2. The maximum absolute atomic E-state index is 12.5. The summed E-state index contributed by atoms with van der Waals surface area (Å²) in [6.07, 6.45) is 6.73. The molecule has 0 aromatic heterocycles. The largest absolute Gasteiger partial charge is 0.375 e. The number of nitrogens with one attached hydrogen (secondary N) is 1. The second-order valence-electron chi connectivity index (χ2n) is 6.27. The standard InChI is InChI=1S/C18H38N2O2.3C2H6/c1-6-11-18(9-4,10-5)22-15-12-17(7-2,8-3)16(21)20-14-13-19;3*1-2/h6-15,19H2,1-5H3,(H,20,21);3*1-2H3. The summed E-state index contributed by atoms with van der Waals surface area (Å²) in [5.74, 6) is 0.126. The van der Waals surface area contributed by atoms with Gasteiger partial charge in [0.05, 0.1) is 11.0 Å². The molecule has 4 nitrogen and oxygen atoms in total. The van der Waals surface area contributed by atoms with Crippen LogP contribution >= 0.6 is 0 Å². The first-order valence-corrected chi connectivity index (χ1v) is 12.1. The molecule has 0 aromatic carbocycles. The van der Waals surface area contributed by atoms with Crippen molar-refractivity contribution in [3.8, 4) is 0 Å². The third-order valence-corrected chi connectivity index (χ3v) is 5.25. The second-order valence-corrected chi connectivity index (χ2v) is 6.27. The molecule has 1 amide bonds. The van der Waals surface area contributed by atoms with Gasteiger partial charge in [0, 0.05) is 19.7 Å². The molecule has 3 N–H and O–H groups in total. The van der Waals surface area contributed by atoms with Crippen molar-refractivity contribution in [3.05, 3.63) is 0 Å². The van der Waals surface area contributed by atoms with Gasteiger partial charge in [-0.15, -0.1) is 0 Å². The Morgan fingerprint density at radius 1 is 0.821 bits per heavy atom. The van der Waals surface area contributed by atoms with Crippen LogP contribution in [0.25, 0.3) is 0 Å². The summed E-state index contributed by atoms with van der Waals surface area (Å²) in [7, 11) is 0. The lowest BCUT2D eigenvalue weighted by molar-refractivity contribution is -0.134. The number of rotatable bonds is 13. The highest BCUT2D eigenvalue weighted by atomic mass is 16.5. The minimum atomic E-state index is -0.325. The summed E-state index contributed by atoms with van der Waals surface area (Å²) in [4.78, 5) is 12.5. The van der Waals surface area contributed by atoms with Crippen molar-refractivity contribution in [2.24, 2.45) is 11.1 Å². The molecule has 4 heteroatoms. The van der Waals surface area contributed by atoms with Gasteiger partial charge in [-0.1, -0.05) is 82.6 Å². The first kappa shape index (κ1) is 34.9. The summed E-state index contributed by atoms with van der Waals surface area (Å²) in [5, 5.41) is 2.96. The van der Waals surface area contributed by atoms with E-state index in [-0.39, 0.29) is 16.9 Å². The van der Waals surface area contributed by atoms with E-state index in [4.69, 9.17) is 10.5 Å². The van der Waals surface area contributed by atoms with Crippen molar-refractivity contribution in [2.45, 2.75) is 127 Å². The Labute approximate surface area is 178 Å². The Kier molecular flexibility index (Phi) is 30.4. The maximum atomic E-state index is 12.5. The van der Waals surface area contributed by atoms with Gasteiger partial charge in [-0.3, -0.25) is 4.79 Å². The normalized spacial score (nSPS) is 10.4. The van der Waals surface area contributed by atoms with Gasteiger partial charge in [0.25, 0.3) is 0 Å². The van der Waals surface area contributed by atoms with Crippen LogP contribution in [0, 0.1) is 5.41 Å². The third-order valence-electron chi connectivity index (χ3n) is 5.25. The molecule has 0 aliphatic carbocycles. The molecule has 0 unspecified atom stereocenters. The Hall–Kier alpha value is -0.610. The fourth-order valence-corrected chi connectivity index (χ4v) is 3.21. The van der Waals surface area contributed by atoms with Gasteiger partial charge < -0.3 is 15.8 Å². The van der Waals surface area contributed by atoms with Gasteiger partial charge in [-0.25, -0.2) is 0 Å². The van der Waals surface area contributed by atoms with Crippen molar-refractivity contribution in [3.63, 3.8) is 0 Å². The number of carbonyl (C=O) groups excluding carboxylic acids is 1. The molecule has 0 rings (SSSR count). The monoisotopic (exact) mass is 404 g/mol. The highest BCUT2D eigenvalue weighted by Gasteiger charge is 2.35. The molecule has 0 radical (unpaired) electrons. The quantitative estimate of drug-likeness (QED) is 0.358. The van der Waals surface area contributed by atoms with E-state index in [0.29, 0.717) is 19.7 Å². The molecular weight excluding hydrogens is 348 g/mol. The average Bonchev–Trinajstić information content (AvgIpc) is 2.78. The maximum Gasteiger partial charge on any atom is 0.226 e. The van der Waals surface area contributed by atoms with E-state index in [2.05, 4.69) is 39.9 Å². The first-order chi connectivity index (χ1) is 13.5. The van der Waals surface area contributed by atoms with Crippen LogP contribution in [0.3, 0.4) is 0 Å². The van der Waals surface area contributed by atoms with E-state index in [1.807, 2.05) is 41.5 Å². The van der Waals surface area contributed by atoms with E-state index in [1.165, 1.54) is 0 Å². The van der Waals surface area contributed by atoms with Crippen LogP contribution in [0.4, 0.5) is 0 Å². The molecule has 0 saturated heterocycles. The Morgan fingerprint density at radius 2 is 1.29 bits per heavy atom. The van der Waals surface area contributed by atoms with Gasteiger partial charge in [-0.2, -0.15) is 0 Å². The molecule has 0 aliphatic heterocycles. The molecule has 0 heterocycles. The van der Waals surface area contributed by atoms with E-state index >= 15 is 0 Å². The number of ether oxygens (including phenoxy) is 1. The smallest absolute Gasteiger partial charge is 0.226 e. The lowest BCUT2D eigenvalue weighted by atomic mass is 9.78. The summed E-state index contributed by atoms with van der Waals surface area (Å²) in [5.41, 5.74) is 5.15. The van der Waals surface area contributed by atoms with Crippen molar-refractivity contribution < 1.29 is 9.53 Å². The summed E-state index contributed by atoms with van der Waals surface area (Å²) >= 11 is 0. The first-order valence-electron chi connectivity index (χ1n) is 12.1. The molecule has 174 valence electrons. The van der Waals surface area contributed by atoms with Gasteiger partial charge in [-0.05, 0) is 38.5 Å². The highest BCUT2D eigenvalue weighted by Crippen LogP contribution is 2.33. The zero-order chi connectivity index (χ0) is 23.1. The summed E-state index contributed by atoms with van der Waals surface area (Å²) in [6.45, 7) is 24.4. The van der Waals surface area contributed by atoms with Crippen molar-refractivity contribution in [1.29, 1.82) is 0 Å². The van der Waals surface area contributed by atoms with Crippen LogP contribution in [0.5, 0.6) is 0 Å². The van der Waals surface area contributed by atoms with Crippen LogP contribution in [-0.2, 0) is 9.53 Å². The highest BCUT2D eigenvalue weighted by molar-refractivity contribution is 5.82. The minimum absolute atomic E-state index is 0.0181. The molecule has 0 bridgehead atoms. The van der Waals surface area contributed by atoms with Crippen molar-refractivity contribution in [1.82, 2.24) is 5.32 Å². The Morgan fingerprint density at radius 3 is 1.61 bits per heavy atom. The zero-order valence-corrected chi connectivity index (χ0v) is 21.5. The van der Waals surface area contributed by atoms with Crippen molar-refractivity contribution in [2.75, 3.05) is 19.7 Å². The molecule has 0 saturated carbocycles. The Bertz CT molecular complexity index is 299. The van der Waals surface area contributed by atoms with Crippen LogP contribution in [0.2, 0.25) is 0 Å². The molecule has 0 aliphatic rings. The second kappa shape index (κ2) is 24.4. The number of carbonyl (C=O) groups is 1. The third kappa shape index (κ3) is 13.5. The van der Waals surface area contributed by atoms with Gasteiger partial charge in [0.1, 0.15) is 0 Å². The SMILES string of the molecule is CC.CC.CC.CCCC(CC)(CC)OCCC(CC)(CC)C(=O)NCCN. The molecule has 0 spiro atoms. The predicted molar refractivity (Wildman–Crippen MR) is 128 cm³/mol. The van der Waals surface area contributed by atoms with E-state index in [9.17, 15) is 4.79 Å². The van der Waals surface area contributed by atoms with E-state index in [0.717, 1.165) is 44.9 Å². The lowest BCUT2D eigenvalue weighted by Gasteiger charge is -2.35. The zero-order valence-electron chi connectivity index (χ0n) is 21.5. The van der Waals surface area contributed by atoms with Crippen LogP contribution < -0.4 is 11.1 Å². The van der Waals surface area contributed by atoms with Gasteiger partial charge in [0.15, 0.2) is 0 Å². The predicted octanol–water partition coefficient (Wildman–Crippen LogP) is 6.71. The molecule has 0 atom stereocenters. The van der Waals surface area contributed by atoms with Crippen molar-refractivity contribution >= 4 is 5.91 Å². The number of hydrogen-bond donors (Lipinski definition) is 2. The topological polar surface area (TPSA) is 64.3 Å². The van der Waals surface area contributed by atoms with Gasteiger partial charge >= 0.3 is 0 Å².